The first kappa shape index (κ1) is 10.2. The van der Waals surface area contributed by atoms with Gasteiger partial charge in [-0.2, -0.15) is 0 Å². The number of hydrogen-bond donors (Lipinski definition) is 0. The lowest BCUT2D eigenvalue weighted by Crippen LogP contribution is -2.20. The van der Waals surface area contributed by atoms with Gasteiger partial charge in [-0.05, 0) is 25.4 Å². The van der Waals surface area contributed by atoms with Crippen LogP contribution in [0.5, 0.6) is 0 Å². The van der Waals surface area contributed by atoms with Crippen molar-refractivity contribution in [3.63, 3.8) is 0 Å². The molecule has 0 bridgehead atoms. The summed E-state index contributed by atoms with van der Waals surface area (Å²) in [5, 5.41) is 0. The maximum Gasteiger partial charge on any atom is 0.235 e. The van der Waals surface area contributed by atoms with E-state index in [1.807, 2.05) is 0 Å². The molecule has 0 amide bonds. The molecule has 1 heterocycles. The average Bonchev–Trinajstić information content (AvgIpc) is 2.62. The third kappa shape index (κ3) is 2.79. The predicted octanol–water partition coefficient (Wildman–Crippen LogP) is 1.22. The molecular formula is C10H16N2O. The summed E-state index contributed by atoms with van der Waals surface area (Å²) in [5.74, 6) is 0.525. The van der Waals surface area contributed by atoms with Crippen molar-refractivity contribution in [3.05, 3.63) is 12.2 Å². The van der Waals surface area contributed by atoms with E-state index in [0.29, 0.717) is 12.5 Å². The van der Waals surface area contributed by atoms with Gasteiger partial charge in [0.2, 0.25) is 6.08 Å². The first-order valence-corrected chi connectivity index (χ1v) is 4.71. The zero-order valence-corrected chi connectivity index (χ0v) is 8.12. The molecule has 1 rings (SSSR count). The van der Waals surface area contributed by atoms with E-state index in [4.69, 9.17) is 0 Å². The molecule has 3 nitrogen and oxygen atoms in total. The summed E-state index contributed by atoms with van der Waals surface area (Å²) in [5.41, 5.74) is 1.07. The molecule has 3 heteroatoms. The molecule has 1 unspecified atom stereocenters. The zero-order valence-electron chi connectivity index (χ0n) is 8.12. The normalized spacial score (nSPS) is 22.7. The SMILES string of the molecule is C=C(CN=C=O)C1CCN(CC)C1. The molecule has 0 radical (unpaired) electrons. The molecular weight excluding hydrogens is 164 g/mol. The summed E-state index contributed by atoms with van der Waals surface area (Å²) in [6.07, 6.45) is 2.70. The molecule has 0 N–H and O–H groups in total. The molecule has 1 aliphatic heterocycles. The standard InChI is InChI=1S/C10H16N2O/c1-3-12-5-4-10(7-12)9(2)6-11-8-13/h10H,2-7H2,1H3. The van der Waals surface area contributed by atoms with Crippen LogP contribution in [0.15, 0.2) is 17.1 Å². The van der Waals surface area contributed by atoms with Crippen molar-refractivity contribution in [2.45, 2.75) is 13.3 Å². The molecule has 0 aliphatic carbocycles. The van der Waals surface area contributed by atoms with E-state index in [1.54, 1.807) is 6.08 Å². The van der Waals surface area contributed by atoms with Gasteiger partial charge in [0, 0.05) is 6.54 Å². The number of aliphatic imine (C=N–C) groups is 1. The number of hydrogen-bond acceptors (Lipinski definition) is 3. The predicted molar refractivity (Wildman–Crippen MR) is 52.3 cm³/mol. The molecule has 0 aromatic heterocycles. The van der Waals surface area contributed by atoms with Crippen molar-refractivity contribution in [1.82, 2.24) is 4.90 Å². The van der Waals surface area contributed by atoms with Gasteiger partial charge in [-0.25, -0.2) is 9.79 Å². The molecule has 0 spiro atoms. The Bertz CT molecular complexity index is 231. The van der Waals surface area contributed by atoms with Crippen LogP contribution in [0.2, 0.25) is 0 Å². The quantitative estimate of drug-likeness (QED) is 0.370. The number of likely N-dealkylation sites (tertiary alicyclic amines) is 1. The van der Waals surface area contributed by atoms with Gasteiger partial charge in [0.15, 0.2) is 0 Å². The van der Waals surface area contributed by atoms with Crippen molar-refractivity contribution in [1.29, 1.82) is 0 Å². The third-order valence-corrected chi connectivity index (χ3v) is 2.64. The highest BCUT2D eigenvalue weighted by molar-refractivity contribution is 5.34. The lowest BCUT2D eigenvalue weighted by molar-refractivity contribution is 0.349. The van der Waals surface area contributed by atoms with E-state index in [-0.39, 0.29) is 0 Å². The zero-order chi connectivity index (χ0) is 9.68. The van der Waals surface area contributed by atoms with Gasteiger partial charge in [-0.3, -0.25) is 0 Å². The number of rotatable bonds is 4. The first-order chi connectivity index (χ1) is 6.27. The van der Waals surface area contributed by atoms with Crippen molar-refractivity contribution in [3.8, 4) is 0 Å². The van der Waals surface area contributed by atoms with Crippen LogP contribution in [0.1, 0.15) is 13.3 Å². The van der Waals surface area contributed by atoms with Crippen molar-refractivity contribution >= 4 is 6.08 Å². The lowest BCUT2D eigenvalue weighted by atomic mass is 10.0. The Labute approximate surface area is 79.1 Å². The number of nitrogens with zero attached hydrogens (tertiary/aromatic N) is 2. The van der Waals surface area contributed by atoms with Crippen LogP contribution in [0.3, 0.4) is 0 Å². The Balaban J connectivity index is 2.37. The van der Waals surface area contributed by atoms with Crippen LogP contribution < -0.4 is 0 Å². The minimum atomic E-state index is 0.450. The van der Waals surface area contributed by atoms with Crippen molar-refractivity contribution in [2.24, 2.45) is 10.9 Å². The Morgan fingerprint density at radius 2 is 2.54 bits per heavy atom. The smallest absolute Gasteiger partial charge is 0.235 e. The fraction of sp³-hybridized carbons (Fsp3) is 0.700. The van der Waals surface area contributed by atoms with Gasteiger partial charge < -0.3 is 4.90 Å². The van der Waals surface area contributed by atoms with E-state index in [2.05, 4.69) is 23.4 Å². The summed E-state index contributed by atoms with van der Waals surface area (Å²) < 4.78 is 0. The van der Waals surface area contributed by atoms with Gasteiger partial charge in [0.25, 0.3) is 0 Å². The third-order valence-electron chi connectivity index (χ3n) is 2.64. The van der Waals surface area contributed by atoms with Crippen molar-refractivity contribution < 1.29 is 4.79 Å². The van der Waals surface area contributed by atoms with Crippen LogP contribution in [-0.2, 0) is 4.79 Å². The van der Waals surface area contributed by atoms with Crippen LogP contribution in [0, 0.1) is 5.92 Å². The summed E-state index contributed by atoms with van der Waals surface area (Å²) >= 11 is 0. The minimum absolute atomic E-state index is 0.450. The lowest BCUT2D eigenvalue weighted by Gasteiger charge is -2.13. The number of isocyanates is 1. The Morgan fingerprint density at radius 1 is 1.77 bits per heavy atom. The van der Waals surface area contributed by atoms with Gasteiger partial charge in [-0.1, -0.05) is 19.1 Å². The van der Waals surface area contributed by atoms with Crippen LogP contribution in [0.25, 0.3) is 0 Å². The Morgan fingerprint density at radius 3 is 3.08 bits per heavy atom. The Kier molecular flexibility index (Phi) is 3.87. The second-order valence-electron chi connectivity index (χ2n) is 3.44. The molecule has 72 valence electrons. The topological polar surface area (TPSA) is 32.7 Å². The molecule has 0 aromatic carbocycles. The van der Waals surface area contributed by atoms with Gasteiger partial charge in [0.1, 0.15) is 0 Å². The van der Waals surface area contributed by atoms with Crippen LogP contribution in [-0.4, -0.2) is 37.2 Å². The van der Waals surface area contributed by atoms with E-state index in [1.165, 1.54) is 0 Å². The van der Waals surface area contributed by atoms with Crippen molar-refractivity contribution in [2.75, 3.05) is 26.2 Å². The summed E-state index contributed by atoms with van der Waals surface area (Å²) in [6, 6.07) is 0. The fourth-order valence-electron chi connectivity index (χ4n) is 1.72. The largest absolute Gasteiger partial charge is 0.303 e. The van der Waals surface area contributed by atoms with Crippen LogP contribution >= 0.6 is 0 Å². The molecule has 0 saturated carbocycles. The summed E-state index contributed by atoms with van der Waals surface area (Å²) in [4.78, 5) is 15.8. The molecule has 1 atom stereocenters. The van der Waals surface area contributed by atoms with E-state index in [9.17, 15) is 4.79 Å². The first-order valence-electron chi connectivity index (χ1n) is 4.71. The highest BCUT2D eigenvalue weighted by Crippen LogP contribution is 2.22. The molecule has 13 heavy (non-hydrogen) atoms. The minimum Gasteiger partial charge on any atom is -0.303 e. The highest BCUT2D eigenvalue weighted by atomic mass is 16.1. The molecule has 1 saturated heterocycles. The second-order valence-corrected chi connectivity index (χ2v) is 3.44. The maximum absolute atomic E-state index is 9.90. The molecule has 0 aromatic rings. The molecule has 1 aliphatic rings. The highest BCUT2D eigenvalue weighted by Gasteiger charge is 2.22. The summed E-state index contributed by atoms with van der Waals surface area (Å²) in [7, 11) is 0. The van der Waals surface area contributed by atoms with Crippen LogP contribution in [0.4, 0.5) is 0 Å². The van der Waals surface area contributed by atoms with Gasteiger partial charge in [0.05, 0.1) is 6.54 Å². The van der Waals surface area contributed by atoms with E-state index >= 15 is 0 Å². The number of carbonyl (C=O) groups excluding carboxylic acids is 1. The average molecular weight is 180 g/mol. The fourth-order valence-corrected chi connectivity index (χ4v) is 1.72. The monoisotopic (exact) mass is 180 g/mol. The van der Waals surface area contributed by atoms with E-state index in [0.717, 1.165) is 31.6 Å². The second kappa shape index (κ2) is 4.95. The Hall–Kier alpha value is -0.920. The molecule has 1 fully saturated rings. The van der Waals surface area contributed by atoms with E-state index < -0.39 is 0 Å². The maximum atomic E-state index is 9.90. The van der Waals surface area contributed by atoms with Gasteiger partial charge in [-0.15, -0.1) is 0 Å². The van der Waals surface area contributed by atoms with Gasteiger partial charge >= 0.3 is 0 Å². The summed E-state index contributed by atoms with van der Waals surface area (Å²) in [6.45, 7) is 9.87.